The van der Waals surface area contributed by atoms with Crippen molar-refractivity contribution >= 4 is 16.7 Å². The van der Waals surface area contributed by atoms with E-state index in [1.165, 1.54) is 0 Å². The first-order valence-electron chi connectivity index (χ1n) is 8.37. The summed E-state index contributed by atoms with van der Waals surface area (Å²) in [7, 11) is 1.94. The third-order valence-corrected chi connectivity index (χ3v) is 4.61. The largest absolute Gasteiger partial charge is 0.354 e. The van der Waals surface area contributed by atoms with Crippen LogP contribution < -0.4 is 10.6 Å². The maximum Gasteiger partial charge on any atom is 0.147 e. The first kappa shape index (κ1) is 15.1. The Morgan fingerprint density at radius 1 is 1.25 bits per heavy atom. The Morgan fingerprint density at radius 3 is 2.96 bits per heavy atom. The third kappa shape index (κ3) is 2.73. The average Bonchev–Trinajstić information content (AvgIpc) is 2.96. The van der Waals surface area contributed by atoms with Crippen LogP contribution in [0.25, 0.3) is 22.2 Å². The van der Waals surface area contributed by atoms with E-state index in [-0.39, 0.29) is 6.04 Å². The van der Waals surface area contributed by atoms with E-state index in [9.17, 15) is 0 Å². The Balaban J connectivity index is 1.73. The number of piperidine rings is 1. The van der Waals surface area contributed by atoms with Gasteiger partial charge in [-0.05, 0) is 37.5 Å². The van der Waals surface area contributed by atoms with Gasteiger partial charge < -0.3 is 10.6 Å². The molecule has 0 amide bonds. The minimum Gasteiger partial charge on any atom is -0.354 e. The summed E-state index contributed by atoms with van der Waals surface area (Å²) < 4.78 is 1.85. The molecule has 1 unspecified atom stereocenters. The van der Waals surface area contributed by atoms with Crippen LogP contribution in [0.4, 0.5) is 5.82 Å². The second kappa shape index (κ2) is 5.87. The van der Waals surface area contributed by atoms with Crippen molar-refractivity contribution in [3.8, 4) is 11.3 Å². The van der Waals surface area contributed by atoms with Gasteiger partial charge >= 0.3 is 0 Å². The Bertz CT molecular complexity index is 884. The number of hydrogen-bond donors (Lipinski definition) is 1. The molecule has 0 saturated carbocycles. The summed E-state index contributed by atoms with van der Waals surface area (Å²) in [6.07, 6.45) is 7.88. The molecule has 6 heteroatoms. The van der Waals surface area contributed by atoms with Crippen molar-refractivity contribution in [3.05, 3.63) is 36.3 Å². The summed E-state index contributed by atoms with van der Waals surface area (Å²) in [6, 6.07) is 4.48. The monoisotopic (exact) mass is 322 g/mol. The smallest absolute Gasteiger partial charge is 0.147 e. The van der Waals surface area contributed by atoms with Crippen LogP contribution in [-0.2, 0) is 7.05 Å². The predicted molar refractivity (Wildman–Crippen MR) is 95.9 cm³/mol. The van der Waals surface area contributed by atoms with E-state index in [0.29, 0.717) is 0 Å². The fourth-order valence-electron chi connectivity index (χ4n) is 3.44. The molecule has 0 bridgehead atoms. The van der Waals surface area contributed by atoms with E-state index in [0.717, 1.165) is 59.5 Å². The highest BCUT2D eigenvalue weighted by molar-refractivity contribution is 5.86. The van der Waals surface area contributed by atoms with Gasteiger partial charge in [-0.25, -0.2) is 4.98 Å². The van der Waals surface area contributed by atoms with Crippen molar-refractivity contribution in [2.45, 2.75) is 25.8 Å². The van der Waals surface area contributed by atoms with Gasteiger partial charge in [0.25, 0.3) is 0 Å². The van der Waals surface area contributed by atoms with Crippen LogP contribution in [0.3, 0.4) is 0 Å². The number of aryl methyl sites for hydroxylation is 2. The van der Waals surface area contributed by atoms with Crippen LogP contribution >= 0.6 is 0 Å². The number of aromatic nitrogens is 4. The van der Waals surface area contributed by atoms with Crippen LogP contribution in [0.15, 0.2) is 30.7 Å². The molecule has 2 N–H and O–H groups in total. The average molecular weight is 322 g/mol. The molecule has 3 heterocycles. The summed E-state index contributed by atoms with van der Waals surface area (Å²) in [6.45, 7) is 3.92. The van der Waals surface area contributed by atoms with Gasteiger partial charge in [0.1, 0.15) is 5.82 Å². The molecule has 2 aromatic heterocycles. The molecule has 1 fully saturated rings. The zero-order valence-corrected chi connectivity index (χ0v) is 14.1. The fraction of sp³-hybridized carbons (Fsp3) is 0.389. The number of rotatable bonds is 2. The molecule has 1 aliphatic rings. The van der Waals surface area contributed by atoms with Crippen molar-refractivity contribution < 1.29 is 0 Å². The number of nitrogens with zero attached hydrogens (tertiary/aromatic N) is 5. The molecule has 1 saturated heterocycles. The maximum atomic E-state index is 6.10. The lowest BCUT2D eigenvalue weighted by molar-refractivity contribution is 0.503. The van der Waals surface area contributed by atoms with E-state index < -0.39 is 0 Å². The van der Waals surface area contributed by atoms with Crippen molar-refractivity contribution in [2.24, 2.45) is 12.8 Å². The molecule has 6 nitrogen and oxygen atoms in total. The highest BCUT2D eigenvalue weighted by Gasteiger charge is 2.18. The quantitative estimate of drug-likeness (QED) is 0.783. The molecule has 1 atom stereocenters. The minimum atomic E-state index is 0.221. The van der Waals surface area contributed by atoms with Crippen LogP contribution in [0, 0.1) is 6.92 Å². The van der Waals surface area contributed by atoms with Crippen LogP contribution in [0.5, 0.6) is 0 Å². The van der Waals surface area contributed by atoms with Crippen molar-refractivity contribution in [1.29, 1.82) is 0 Å². The van der Waals surface area contributed by atoms with E-state index in [1.54, 1.807) is 0 Å². The molecular formula is C18H22N6. The highest BCUT2D eigenvalue weighted by Crippen LogP contribution is 2.27. The van der Waals surface area contributed by atoms with Gasteiger partial charge in [-0.1, -0.05) is 0 Å². The number of benzene rings is 1. The fourth-order valence-corrected chi connectivity index (χ4v) is 3.44. The molecule has 1 aliphatic heterocycles. The topological polar surface area (TPSA) is 72.9 Å². The van der Waals surface area contributed by atoms with Gasteiger partial charge in [0.15, 0.2) is 0 Å². The van der Waals surface area contributed by atoms with Gasteiger partial charge in [0.2, 0.25) is 0 Å². The number of hydrogen-bond acceptors (Lipinski definition) is 5. The first-order chi connectivity index (χ1) is 11.6. The molecule has 3 aromatic rings. The summed E-state index contributed by atoms with van der Waals surface area (Å²) in [4.78, 5) is 11.5. The van der Waals surface area contributed by atoms with Gasteiger partial charge in [0.05, 0.1) is 23.6 Å². The van der Waals surface area contributed by atoms with E-state index >= 15 is 0 Å². The van der Waals surface area contributed by atoms with Gasteiger partial charge in [-0.2, -0.15) is 5.10 Å². The third-order valence-electron chi connectivity index (χ3n) is 4.61. The molecule has 124 valence electrons. The maximum absolute atomic E-state index is 6.10. The van der Waals surface area contributed by atoms with Crippen LogP contribution in [-0.4, -0.2) is 38.9 Å². The summed E-state index contributed by atoms with van der Waals surface area (Å²) >= 11 is 0. The Labute approximate surface area is 141 Å². The van der Waals surface area contributed by atoms with Gasteiger partial charge in [0, 0.05) is 43.3 Å². The van der Waals surface area contributed by atoms with Crippen LogP contribution in [0.1, 0.15) is 18.4 Å². The summed E-state index contributed by atoms with van der Waals surface area (Å²) in [5, 5.41) is 5.63. The standard InChI is InChI=1S/C18H22N6/c1-12-6-13(7-14-10-23(2)22-18(12)14)16-8-20-9-17(21-16)24-5-3-4-15(19)11-24/h6-10,15H,3-5,11,19H2,1-2H3. The predicted octanol–water partition coefficient (Wildman–Crippen LogP) is 2.27. The molecule has 0 aliphatic carbocycles. The second-order valence-corrected chi connectivity index (χ2v) is 6.64. The van der Waals surface area contributed by atoms with Crippen molar-refractivity contribution in [1.82, 2.24) is 19.7 Å². The molecule has 1 aromatic carbocycles. The summed E-state index contributed by atoms with van der Waals surface area (Å²) in [5.41, 5.74) is 10.2. The van der Waals surface area contributed by atoms with Crippen molar-refractivity contribution in [2.75, 3.05) is 18.0 Å². The molecule has 4 rings (SSSR count). The van der Waals surface area contributed by atoms with Gasteiger partial charge in [-0.15, -0.1) is 0 Å². The molecule has 24 heavy (non-hydrogen) atoms. The summed E-state index contributed by atoms with van der Waals surface area (Å²) in [5.74, 6) is 0.909. The Morgan fingerprint density at radius 2 is 2.12 bits per heavy atom. The number of fused-ring (bicyclic) bond motifs is 1. The molecular weight excluding hydrogens is 300 g/mol. The number of nitrogens with two attached hydrogens (primary N) is 1. The van der Waals surface area contributed by atoms with E-state index in [2.05, 4.69) is 34.0 Å². The van der Waals surface area contributed by atoms with Crippen LogP contribution in [0.2, 0.25) is 0 Å². The Hall–Kier alpha value is -2.47. The lowest BCUT2D eigenvalue weighted by atomic mass is 10.1. The zero-order valence-electron chi connectivity index (χ0n) is 14.1. The van der Waals surface area contributed by atoms with E-state index in [1.807, 2.05) is 30.3 Å². The van der Waals surface area contributed by atoms with Crippen molar-refractivity contribution in [3.63, 3.8) is 0 Å². The van der Waals surface area contributed by atoms with E-state index in [4.69, 9.17) is 10.7 Å². The first-order valence-corrected chi connectivity index (χ1v) is 8.37. The lowest BCUT2D eigenvalue weighted by Crippen LogP contribution is -2.43. The number of anilines is 1. The lowest BCUT2D eigenvalue weighted by Gasteiger charge is -2.31. The van der Waals surface area contributed by atoms with Gasteiger partial charge in [-0.3, -0.25) is 9.67 Å². The normalized spacial score (nSPS) is 18.3. The molecule has 0 spiro atoms. The zero-order chi connectivity index (χ0) is 16.7. The Kier molecular flexibility index (Phi) is 3.69. The SMILES string of the molecule is Cc1cc(-c2cncc(N3CCCC(N)C3)n2)cc2cn(C)nc12. The molecule has 0 radical (unpaired) electrons. The minimum absolute atomic E-state index is 0.221. The second-order valence-electron chi connectivity index (χ2n) is 6.64. The highest BCUT2D eigenvalue weighted by atomic mass is 15.2.